The van der Waals surface area contributed by atoms with E-state index in [1.165, 1.54) is 19.2 Å². The molecule has 0 aliphatic heterocycles. The van der Waals surface area contributed by atoms with Crippen molar-refractivity contribution >= 4 is 52.4 Å². The van der Waals surface area contributed by atoms with Crippen molar-refractivity contribution < 1.29 is 48.9 Å². The first-order valence-corrected chi connectivity index (χ1v) is 19.6. The van der Waals surface area contributed by atoms with E-state index in [4.69, 9.17) is 0 Å². The van der Waals surface area contributed by atoms with Crippen molar-refractivity contribution in [1.82, 2.24) is 31.6 Å². The van der Waals surface area contributed by atoms with E-state index < -0.39 is 83.9 Å². The number of rotatable bonds is 19. The van der Waals surface area contributed by atoms with Crippen LogP contribution in [0.15, 0.2) is 85.1 Å². The number of carboxylic acid groups (broad SMARTS) is 2. The molecule has 0 bridgehead atoms. The van der Waals surface area contributed by atoms with E-state index in [2.05, 4.69) is 31.6 Å². The van der Waals surface area contributed by atoms with Gasteiger partial charge in [-0.25, -0.2) is 0 Å². The number of carbonyl (C=O) groups excluding carboxylic acids is 5. The zero-order valence-corrected chi connectivity index (χ0v) is 32.6. The van der Waals surface area contributed by atoms with Gasteiger partial charge in [0.15, 0.2) is 0 Å². The topological polar surface area (TPSA) is 256 Å². The number of nitrogens with one attached hydrogen (secondary N) is 6. The van der Waals surface area contributed by atoms with Gasteiger partial charge in [0.05, 0.1) is 11.8 Å². The molecule has 6 atom stereocenters. The molecular weight excluding hydrogens is 761 g/mol. The number of hydrogen-bond donors (Lipinski definition) is 9. The monoisotopic (exact) mass is 810 g/mol. The number of likely N-dealkylation sites (N-methyl/N-ethyl adjacent to an activating group) is 1. The van der Waals surface area contributed by atoms with Crippen LogP contribution in [0.2, 0.25) is 0 Å². The van der Waals surface area contributed by atoms with Gasteiger partial charge in [-0.3, -0.25) is 33.6 Å². The highest BCUT2D eigenvalue weighted by molar-refractivity contribution is 5.96. The van der Waals surface area contributed by atoms with Gasteiger partial charge in [0.2, 0.25) is 29.5 Å². The van der Waals surface area contributed by atoms with Crippen LogP contribution in [0.5, 0.6) is 5.75 Å². The fourth-order valence-electron chi connectivity index (χ4n) is 7.41. The Hall–Kier alpha value is -6.71. The van der Waals surface area contributed by atoms with Crippen LogP contribution in [0.25, 0.3) is 10.9 Å². The van der Waals surface area contributed by atoms with E-state index in [1.54, 1.807) is 48.7 Å². The Morgan fingerprint density at radius 2 is 1.19 bits per heavy atom. The number of phenols is 1. The molecule has 1 aliphatic carbocycles. The largest absolute Gasteiger partial charge is 0.508 e. The van der Waals surface area contributed by atoms with Gasteiger partial charge in [0.1, 0.15) is 29.9 Å². The summed E-state index contributed by atoms with van der Waals surface area (Å²) in [5.41, 5.74) is 2.74. The normalized spacial score (nSPS) is 17.0. The lowest BCUT2D eigenvalue weighted by atomic mass is 9.78. The molecule has 1 heterocycles. The lowest BCUT2D eigenvalue weighted by Gasteiger charge is -2.30. The van der Waals surface area contributed by atoms with Gasteiger partial charge in [-0.1, -0.05) is 73.5 Å². The number of H-pyrrole nitrogens is 1. The van der Waals surface area contributed by atoms with E-state index in [9.17, 15) is 48.9 Å². The molecule has 1 aromatic heterocycles. The first-order chi connectivity index (χ1) is 28.3. The second-order valence-electron chi connectivity index (χ2n) is 14.8. The molecule has 3 aromatic carbocycles. The van der Waals surface area contributed by atoms with Crippen LogP contribution in [0.1, 0.15) is 55.2 Å². The summed E-state index contributed by atoms with van der Waals surface area (Å²) in [6.07, 6.45) is 2.70. The number of benzene rings is 3. The standard InChI is InChI=1S/C43H50N6O10/c1-44-39(54)36(23-27-24-45-32-14-8-7-11-29(27)32)49-40(55)33(19-20-37(51)52)46-41(56)35(21-25-9-3-2-4-10-25)48-42(57)34(22-26-15-17-28(50)18-16-26)47-38(53)30-12-5-6-13-31(30)43(58)59/h2-4,7-11,14-18,24,30-31,33-36,45,50H,5-6,12-13,19-23H2,1H3,(H,44,54)(H,46,56)(H,47,53)(H,48,57)(H,49,55)(H,51,52)(H,58,59)/t30-,31-,33-,34-,35-,36+/m0/s1. The van der Waals surface area contributed by atoms with Gasteiger partial charge in [-0.05, 0) is 54.2 Å². The first kappa shape index (κ1) is 43.4. The average Bonchev–Trinajstić information content (AvgIpc) is 3.64. The van der Waals surface area contributed by atoms with E-state index >= 15 is 0 Å². The summed E-state index contributed by atoms with van der Waals surface area (Å²) in [5, 5.41) is 43.3. The first-order valence-electron chi connectivity index (χ1n) is 19.6. The molecule has 0 spiro atoms. The van der Waals surface area contributed by atoms with Gasteiger partial charge < -0.3 is 46.9 Å². The minimum Gasteiger partial charge on any atom is -0.508 e. The van der Waals surface area contributed by atoms with Crippen LogP contribution in [-0.2, 0) is 52.8 Å². The van der Waals surface area contributed by atoms with Gasteiger partial charge in [0.25, 0.3) is 0 Å². The fraction of sp³-hybridized carbons (Fsp3) is 0.372. The van der Waals surface area contributed by atoms with Crippen LogP contribution in [-0.4, -0.2) is 93.0 Å². The van der Waals surface area contributed by atoms with E-state index in [-0.39, 0.29) is 31.4 Å². The highest BCUT2D eigenvalue weighted by atomic mass is 16.4. The number of amides is 5. The molecule has 5 amide bonds. The van der Waals surface area contributed by atoms with E-state index in [1.807, 2.05) is 24.3 Å². The Morgan fingerprint density at radius 1 is 0.644 bits per heavy atom. The lowest BCUT2D eigenvalue weighted by molar-refractivity contribution is -0.149. The molecule has 0 radical (unpaired) electrons. The van der Waals surface area contributed by atoms with Gasteiger partial charge in [0, 0.05) is 49.8 Å². The average molecular weight is 811 g/mol. The zero-order valence-electron chi connectivity index (χ0n) is 32.6. The maximum atomic E-state index is 14.2. The Bertz CT molecular complexity index is 2120. The number of para-hydroxylation sites is 1. The van der Waals surface area contributed by atoms with E-state index in [0.717, 1.165) is 16.5 Å². The molecule has 59 heavy (non-hydrogen) atoms. The van der Waals surface area contributed by atoms with Crippen LogP contribution in [0.3, 0.4) is 0 Å². The number of phenolic OH excluding ortho intramolecular Hbond substituents is 1. The van der Waals surface area contributed by atoms with Crippen LogP contribution < -0.4 is 26.6 Å². The summed E-state index contributed by atoms with van der Waals surface area (Å²) in [6.45, 7) is 0. The molecule has 0 unspecified atom stereocenters. The lowest BCUT2D eigenvalue weighted by Crippen LogP contribution is -2.59. The Morgan fingerprint density at radius 3 is 1.81 bits per heavy atom. The highest BCUT2D eigenvalue weighted by Crippen LogP contribution is 2.31. The van der Waals surface area contributed by atoms with Gasteiger partial charge in [-0.2, -0.15) is 0 Å². The number of carbonyl (C=O) groups is 7. The van der Waals surface area contributed by atoms with Crippen molar-refractivity contribution in [1.29, 1.82) is 0 Å². The summed E-state index contributed by atoms with van der Waals surface area (Å²) in [4.78, 5) is 95.9. The third kappa shape index (κ3) is 12.1. The number of carboxylic acids is 2. The molecule has 1 saturated carbocycles. The Labute approximate surface area is 340 Å². The second kappa shape index (κ2) is 20.6. The second-order valence-corrected chi connectivity index (χ2v) is 14.8. The molecule has 5 rings (SSSR count). The number of aromatic nitrogens is 1. The van der Waals surface area contributed by atoms with E-state index in [0.29, 0.717) is 36.8 Å². The van der Waals surface area contributed by atoms with Crippen LogP contribution in [0.4, 0.5) is 0 Å². The smallest absolute Gasteiger partial charge is 0.307 e. The van der Waals surface area contributed by atoms with Gasteiger partial charge >= 0.3 is 11.9 Å². The number of aliphatic carboxylic acids is 2. The summed E-state index contributed by atoms with van der Waals surface area (Å²) >= 11 is 0. The Kier molecular flexibility index (Phi) is 15.2. The maximum absolute atomic E-state index is 14.2. The molecule has 0 saturated heterocycles. The van der Waals surface area contributed by atoms with Crippen LogP contribution in [0, 0.1) is 11.8 Å². The molecule has 1 aliphatic rings. The quantitative estimate of drug-likeness (QED) is 0.0668. The van der Waals surface area contributed by atoms with Crippen molar-refractivity contribution in [2.45, 2.75) is 82.0 Å². The molecule has 16 heteroatoms. The summed E-state index contributed by atoms with van der Waals surface area (Å²) in [6, 6.07) is 16.9. The molecule has 16 nitrogen and oxygen atoms in total. The summed E-state index contributed by atoms with van der Waals surface area (Å²) < 4.78 is 0. The predicted octanol–water partition coefficient (Wildman–Crippen LogP) is 2.34. The number of hydrogen-bond acceptors (Lipinski definition) is 8. The molecule has 1 fully saturated rings. The maximum Gasteiger partial charge on any atom is 0.307 e. The van der Waals surface area contributed by atoms with Crippen molar-refractivity contribution in [2.24, 2.45) is 11.8 Å². The fourth-order valence-corrected chi connectivity index (χ4v) is 7.41. The molecule has 312 valence electrons. The third-order valence-corrected chi connectivity index (χ3v) is 10.6. The zero-order chi connectivity index (χ0) is 42.5. The highest BCUT2D eigenvalue weighted by Gasteiger charge is 2.38. The molecule has 9 N–H and O–H groups in total. The Balaban J connectivity index is 1.39. The number of aromatic hydroxyl groups is 1. The molecule has 4 aromatic rings. The van der Waals surface area contributed by atoms with Crippen LogP contribution >= 0.6 is 0 Å². The summed E-state index contributed by atoms with van der Waals surface area (Å²) in [7, 11) is 1.41. The number of fused-ring (bicyclic) bond motifs is 1. The van der Waals surface area contributed by atoms with Crippen molar-refractivity contribution in [3.63, 3.8) is 0 Å². The van der Waals surface area contributed by atoms with Crippen molar-refractivity contribution in [3.05, 3.63) is 102 Å². The summed E-state index contributed by atoms with van der Waals surface area (Å²) in [5.74, 6) is -7.77. The van der Waals surface area contributed by atoms with Crippen molar-refractivity contribution in [3.8, 4) is 5.75 Å². The number of aromatic amines is 1. The predicted molar refractivity (Wildman–Crippen MR) is 216 cm³/mol. The minimum absolute atomic E-state index is 0.0222. The molecular formula is C43H50N6O10. The SMILES string of the molecule is CNC(=O)[C@@H](Cc1c[nH]c2ccccc12)NC(=O)[C@H](CCC(=O)O)NC(=O)[C@H](Cc1ccccc1)NC(=O)[C@H](Cc1ccc(O)cc1)NC(=O)[C@H]1CCCC[C@@H]1C(=O)O. The minimum atomic E-state index is -1.45. The van der Waals surface area contributed by atoms with Crippen molar-refractivity contribution in [2.75, 3.05) is 7.05 Å². The van der Waals surface area contributed by atoms with Gasteiger partial charge in [-0.15, -0.1) is 0 Å². The third-order valence-electron chi connectivity index (χ3n) is 10.6.